The Balaban J connectivity index is 1.56. The lowest BCUT2D eigenvalue weighted by Crippen LogP contribution is -2.25. The molecule has 1 aliphatic carbocycles. The van der Waals surface area contributed by atoms with Gasteiger partial charge in [-0.15, -0.1) is 0 Å². The van der Waals surface area contributed by atoms with E-state index in [1.54, 1.807) is 0 Å². The summed E-state index contributed by atoms with van der Waals surface area (Å²) in [4.78, 5) is 9.20. The second-order valence-electron chi connectivity index (χ2n) is 8.06. The van der Waals surface area contributed by atoms with E-state index in [1.165, 1.54) is 11.1 Å². The number of pyridine rings is 1. The molecule has 148 valence electrons. The zero-order valence-corrected chi connectivity index (χ0v) is 17.1. The van der Waals surface area contributed by atoms with E-state index < -0.39 is 0 Å². The monoisotopic (exact) mass is 378 g/mol. The molecule has 28 heavy (non-hydrogen) atoms. The zero-order chi connectivity index (χ0) is 19.7. The van der Waals surface area contributed by atoms with E-state index in [1.807, 2.05) is 26.3 Å². The lowest BCUT2D eigenvalue weighted by molar-refractivity contribution is 0.191. The van der Waals surface area contributed by atoms with Gasteiger partial charge >= 0.3 is 0 Å². The van der Waals surface area contributed by atoms with Crippen molar-refractivity contribution >= 4 is 17.6 Å². The SMILES string of the molecule is C=C(C)c1ccn(C2CC(Oc3nccc4c3CNCC4)CC2C)c1/N=C\C. The molecule has 1 saturated carbocycles. The number of ether oxygens (including phenoxy) is 1. The van der Waals surface area contributed by atoms with Gasteiger partial charge in [0.25, 0.3) is 0 Å². The first-order valence-electron chi connectivity index (χ1n) is 10.3. The molecule has 4 rings (SSSR count). The minimum Gasteiger partial charge on any atom is -0.474 e. The molecule has 1 N–H and O–H groups in total. The number of hydrogen-bond acceptors (Lipinski definition) is 4. The predicted octanol–water partition coefficient (Wildman–Crippen LogP) is 4.70. The van der Waals surface area contributed by atoms with Crippen LogP contribution in [0.5, 0.6) is 5.88 Å². The fourth-order valence-corrected chi connectivity index (χ4v) is 4.58. The van der Waals surface area contributed by atoms with Crippen LogP contribution in [0.25, 0.3) is 5.57 Å². The highest BCUT2D eigenvalue weighted by molar-refractivity contribution is 5.73. The van der Waals surface area contributed by atoms with Gasteiger partial charge in [0, 0.05) is 48.7 Å². The Hall–Kier alpha value is -2.40. The van der Waals surface area contributed by atoms with Crippen LogP contribution in [-0.4, -0.2) is 28.4 Å². The second-order valence-corrected chi connectivity index (χ2v) is 8.06. The lowest BCUT2D eigenvalue weighted by Gasteiger charge is -2.22. The third-order valence-electron chi connectivity index (χ3n) is 6.02. The number of aromatic nitrogens is 2. The van der Waals surface area contributed by atoms with Gasteiger partial charge < -0.3 is 14.6 Å². The van der Waals surface area contributed by atoms with Crippen molar-refractivity contribution < 1.29 is 4.74 Å². The van der Waals surface area contributed by atoms with Gasteiger partial charge in [0.15, 0.2) is 0 Å². The number of nitrogens with one attached hydrogen (secondary N) is 1. The Morgan fingerprint density at radius 1 is 1.39 bits per heavy atom. The quantitative estimate of drug-likeness (QED) is 0.767. The van der Waals surface area contributed by atoms with Gasteiger partial charge in [0.2, 0.25) is 5.88 Å². The Labute approximate surface area is 167 Å². The molecule has 1 aliphatic heterocycles. The van der Waals surface area contributed by atoms with E-state index in [0.717, 1.165) is 55.2 Å². The molecule has 0 amide bonds. The molecule has 3 unspecified atom stereocenters. The second kappa shape index (κ2) is 7.92. The minimum absolute atomic E-state index is 0.176. The Morgan fingerprint density at radius 2 is 2.25 bits per heavy atom. The van der Waals surface area contributed by atoms with Crippen LogP contribution in [-0.2, 0) is 13.0 Å². The molecule has 5 nitrogen and oxygen atoms in total. The van der Waals surface area contributed by atoms with Gasteiger partial charge in [-0.05, 0) is 62.4 Å². The van der Waals surface area contributed by atoms with Crippen LogP contribution in [0.1, 0.15) is 56.3 Å². The van der Waals surface area contributed by atoms with Crippen molar-refractivity contribution in [1.29, 1.82) is 0 Å². The van der Waals surface area contributed by atoms with Crippen molar-refractivity contribution in [1.82, 2.24) is 14.9 Å². The van der Waals surface area contributed by atoms with Crippen molar-refractivity contribution in [3.63, 3.8) is 0 Å². The van der Waals surface area contributed by atoms with E-state index in [-0.39, 0.29) is 6.10 Å². The molecule has 3 heterocycles. The summed E-state index contributed by atoms with van der Waals surface area (Å²) in [6, 6.07) is 4.62. The fourth-order valence-electron chi connectivity index (χ4n) is 4.58. The third-order valence-corrected chi connectivity index (χ3v) is 6.02. The molecular weight excluding hydrogens is 348 g/mol. The molecule has 2 aromatic heterocycles. The molecule has 0 radical (unpaired) electrons. The maximum Gasteiger partial charge on any atom is 0.218 e. The van der Waals surface area contributed by atoms with Gasteiger partial charge in [-0.25, -0.2) is 9.98 Å². The van der Waals surface area contributed by atoms with Crippen LogP contribution < -0.4 is 10.1 Å². The first kappa shape index (κ1) is 18.9. The predicted molar refractivity (Wildman–Crippen MR) is 114 cm³/mol. The van der Waals surface area contributed by atoms with Crippen molar-refractivity contribution in [3.8, 4) is 5.88 Å². The average Bonchev–Trinajstić information content (AvgIpc) is 3.25. The van der Waals surface area contributed by atoms with Crippen LogP contribution in [0.2, 0.25) is 0 Å². The molecule has 1 fully saturated rings. The van der Waals surface area contributed by atoms with E-state index in [2.05, 4.69) is 51.7 Å². The van der Waals surface area contributed by atoms with E-state index in [0.29, 0.717) is 12.0 Å². The number of rotatable bonds is 5. The molecule has 0 aromatic carbocycles. The number of allylic oxidation sites excluding steroid dienone is 1. The van der Waals surface area contributed by atoms with Crippen LogP contribution >= 0.6 is 0 Å². The summed E-state index contributed by atoms with van der Waals surface area (Å²) in [6.07, 6.45) is 9.12. The first-order valence-corrected chi connectivity index (χ1v) is 10.3. The number of fused-ring (bicyclic) bond motifs is 1. The highest BCUT2D eigenvalue weighted by atomic mass is 16.5. The maximum absolute atomic E-state index is 6.43. The van der Waals surface area contributed by atoms with Gasteiger partial charge in [0.05, 0.1) is 0 Å². The smallest absolute Gasteiger partial charge is 0.218 e. The zero-order valence-electron chi connectivity index (χ0n) is 17.1. The summed E-state index contributed by atoms with van der Waals surface area (Å²) < 4.78 is 8.74. The fraction of sp³-hybridized carbons (Fsp3) is 0.478. The van der Waals surface area contributed by atoms with Crippen LogP contribution in [0.3, 0.4) is 0 Å². The normalized spacial score (nSPS) is 24.5. The molecule has 2 aliphatic rings. The van der Waals surface area contributed by atoms with Crippen molar-refractivity contribution in [2.75, 3.05) is 6.54 Å². The molecule has 2 aromatic rings. The van der Waals surface area contributed by atoms with Crippen LogP contribution in [0.15, 0.2) is 36.1 Å². The van der Waals surface area contributed by atoms with E-state index in [9.17, 15) is 0 Å². The lowest BCUT2D eigenvalue weighted by atomic mass is 10.0. The molecule has 5 heteroatoms. The standard InChI is InChI=1S/C23H30N4O/c1-5-25-22-19(15(2)3)8-11-27(22)21-13-18(12-16(21)4)28-23-20-14-24-9-6-17(20)7-10-26-23/h5,7-8,10-11,16,18,21,24H,2,6,9,12-14H2,1,3-4H3/b25-5-. The Kier molecular flexibility index (Phi) is 5.36. The van der Waals surface area contributed by atoms with Crippen molar-refractivity contribution in [2.45, 2.75) is 58.7 Å². The topological polar surface area (TPSA) is 51.4 Å². The summed E-state index contributed by atoms with van der Waals surface area (Å²) in [5.41, 5.74) is 4.76. The minimum atomic E-state index is 0.176. The maximum atomic E-state index is 6.43. The number of aliphatic imine (C=N–C) groups is 1. The first-order chi connectivity index (χ1) is 13.6. The molecule has 0 saturated heterocycles. The van der Waals surface area contributed by atoms with E-state index >= 15 is 0 Å². The number of nitrogens with zero attached hydrogens (tertiary/aromatic N) is 3. The highest BCUT2D eigenvalue weighted by Crippen LogP contribution is 2.42. The van der Waals surface area contributed by atoms with Gasteiger partial charge in [0.1, 0.15) is 11.9 Å². The van der Waals surface area contributed by atoms with Gasteiger partial charge in [-0.1, -0.05) is 13.5 Å². The summed E-state index contributed by atoms with van der Waals surface area (Å²) in [5, 5.41) is 3.44. The van der Waals surface area contributed by atoms with Crippen LogP contribution in [0, 0.1) is 5.92 Å². The molecule has 0 bridgehead atoms. The Bertz CT molecular complexity index is 898. The molecule has 3 atom stereocenters. The summed E-state index contributed by atoms with van der Waals surface area (Å²) >= 11 is 0. The number of hydrogen-bond donors (Lipinski definition) is 1. The molecule has 0 spiro atoms. The highest BCUT2D eigenvalue weighted by Gasteiger charge is 2.35. The van der Waals surface area contributed by atoms with Crippen molar-refractivity contribution in [3.05, 3.63) is 47.8 Å². The largest absolute Gasteiger partial charge is 0.474 e. The average molecular weight is 379 g/mol. The molecular formula is C23H30N4O. The summed E-state index contributed by atoms with van der Waals surface area (Å²) in [7, 11) is 0. The summed E-state index contributed by atoms with van der Waals surface area (Å²) in [5.74, 6) is 2.33. The van der Waals surface area contributed by atoms with Gasteiger partial charge in [-0.2, -0.15) is 0 Å². The summed E-state index contributed by atoms with van der Waals surface area (Å²) in [6.45, 7) is 12.3. The van der Waals surface area contributed by atoms with E-state index in [4.69, 9.17) is 4.74 Å². The van der Waals surface area contributed by atoms with Crippen LogP contribution in [0.4, 0.5) is 5.82 Å². The van der Waals surface area contributed by atoms with Gasteiger partial charge in [-0.3, -0.25) is 0 Å². The Morgan fingerprint density at radius 3 is 3.04 bits per heavy atom. The third kappa shape index (κ3) is 3.51. The van der Waals surface area contributed by atoms with Crippen molar-refractivity contribution in [2.24, 2.45) is 10.9 Å².